The Labute approximate surface area is 193 Å². The molecular formula is C21H22BrClN4O4. The molecule has 0 aliphatic heterocycles. The molecule has 0 heterocycles. The van der Waals surface area contributed by atoms with E-state index in [4.69, 9.17) is 16.3 Å². The first-order valence-corrected chi connectivity index (χ1v) is 10.6. The summed E-state index contributed by atoms with van der Waals surface area (Å²) in [5, 5.41) is 9.61. The molecule has 1 atom stereocenters. The lowest BCUT2D eigenvalue weighted by atomic mass is 10.2. The molecule has 0 aliphatic carbocycles. The highest BCUT2D eigenvalue weighted by molar-refractivity contribution is 9.10. The van der Waals surface area contributed by atoms with Gasteiger partial charge in [0.15, 0.2) is 6.61 Å². The van der Waals surface area contributed by atoms with Gasteiger partial charge >= 0.3 is 11.8 Å². The molecule has 0 bridgehead atoms. The molecule has 3 N–H and O–H groups in total. The number of amides is 3. The molecule has 2 rings (SSSR count). The smallest absolute Gasteiger partial charge is 0.329 e. The predicted molar refractivity (Wildman–Crippen MR) is 123 cm³/mol. The standard InChI is InChI=1S/C21H22BrClN4O4/c1-3-13(2)25-20(29)21(30)27-24-11-14-10-15(22)4-9-18(14)31-12-19(28)26-17-7-5-16(23)6-8-17/h4-11,13H,3,12H2,1-2H3,(H,25,29)(H,26,28)(H,27,30)/b24-11-/t13-/m0/s1. The van der Waals surface area contributed by atoms with Gasteiger partial charge in [-0.2, -0.15) is 5.10 Å². The second-order valence-electron chi connectivity index (χ2n) is 6.51. The topological polar surface area (TPSA) is 109 Å². The van der Waals surface area contributed by atoms with Crippen LogP contribution < -0.4 is 20.8 Å². The minimum atomic E-state index is -0.878. The Balaban J connectivity index is 1.96. The number of benzene rings is 2. The number of nitrogens with zero attached hydrogens (tertiary/aromatic N) is 1. The fourth-order valence-electron chi connectivity index (χ4n) is 2.23. The average molecular weight is 510 g/mol. The number of nitrogens with one attached hydrogen (secondary N) is 3. The Morgan fingerprint density at radius 3 is 2.55 bits per heavy atom. The van der Waals surface area contributed by atoms with Gasteiger partial charge in [-0.15, -0.1) is 0 Å². The summed E-state index contributed by atoms with van der Waals surface area (Å²) in [7, 11) is 0. The maximum absolute atomic E-state index is 12.1. The molecule has 2 aromatic carbocycles. The summed E-state index contributed by atoms with van der Waals surface area (Å²) in [4.78, 5) is 35.7. The zero-order valence-electron chi connectivity index (χ0n) is 16.9. The Kier molecular flexibility index (Phi) is 9.48. The summed E-state index contributed by atoms with van der Waals surface area (Å²) in [5.41, 5.74) is 3.25. The monoisotopic (exact) mass is 508 g/mol. The lowest BCUT2D eigenvalue weighted by Crippen LogP contribution is -2.41. The molecule has 164 valence electrons. The van der Waals surface area contributed by atoms with Crippen LogP contribution in [0.5, 0.6) is 5.75 Å². The van der Waals surface area contributed by atoms with Crippen LogP contribution in [0.2, 0.25) is 5.02 Å². The molecule has 0 aromatic heterocycles. The van der Waals surface area contributed by atoms with Gasteiger partial charge in [0.25, 0.3) is 5.91 Å². The molecule has 0 unspecified atom stereocenters. The normalized spacial score (nSPS) is 11.6. The third-order valence-corrected chi connectivity index (χ3v) is 4.77. The van der Waals surface area contributed by atoms with Crippen molar-refractivity contribution in [3.8, 4) is 5.75 Å². The number of carbonyl (C=O) groups is 3. The number of hydrogen-bond donors (Lipinski definition) is 3. The number of ether oxygens (including phenoxy) is 1. The van der Waals surface area contributed by atoms with Crippen LogP contribution in [0.3, 0.4) is 0 Å². The van der Waals surface area contributed by atoms with Crippen molar-refractivity contribution in [1.82, 2.24) is 10.7 Å². The maximum Gasteiger partial charge on any atom is 0.329 e. The van der Waals surface area contributed by atoms with Gasteiger partial charge in [-0.1, -0.05) is 34.5 Å². The van der Waals surface area contributed by atoms with Crippen LogP contribution in [0.1, 0.15) is 25.8 Å². The van der Waals surface area contributed by atoms with Crippen molar-refractivity contribution in [2.75, 3.05) is 11.9 Å². The summed E-state index contributed by atoms with van der Waals surface area (Å²) >= 11 is 9.17. The van der Waals surface area contributed by atoms with Gasteiger partial charge in [0, 0.05) is 26.8 Å². The van der Waals surface area contributed by atoms with Crippen LogP contribution in [0.25, 0.3) is 0 Å². The fourth-order valence-corrected chi connectivity index (χ4v) is 2.73. The van der Waals surface area contributed by atoms with Gasteiger partial charge in [0.1, 0.15) is 5.75 Å². The highest BCUT2D eigenvalue weighted by Gasteiger charge is 2.14. The molecule has 0 aliphatic rings. The van der Waals surface area contributed by atoms with E-state index in [0.29, 0.717) is 28.4 Å². The first-order valence-electron chi connectivity index (χ1n) is 9.40. The molecule has 31 heavy (non-hydrogen) atoms. The quantitative estimate of drug-likeness (QED) is 0.287. The van der Waals surface area contributed by atoms with Gasteiger partial charge in [-0.25, -0.2) is 5.43 Å². The molecule has 8 nitrogen and oxygen atoms in total. The second-order valence-corrected chi connectivity index (χ2v) is 7.86. The Morgan fingerprint density at radius 2 is 1.87 bits per heavy atom. The summed E-state index contributed by atoms with van der Waals surface area (Å²) in [6.45, 7) is 3.45. The van der Waals surface area contributed by atoms with Crippen molar-refractivity contribution in [3.63, 3.8) is 0 Å². The number of hydrogen-bond acceptors (Lipinski definition) is 5. The van der Waals surface area contributed by atoms with Crippen molar-refractivity contribution in [2.24, 2.45) is 5.10 Å². The van der Waals surface area contributed by atoms with Crippen LogP contribution in [0, 0.1) is 0 Å². The summed E-state index contributed by atoms with van der Waals surface area (Å²) < 4.78 is 6.32. The fraction of sp³-hybridized carbons (Fsp3) is 0.238. The molecule has 0 fully saturated rings. The largest absolute Gasteiger partial charge is 0.483 e. The number of carbonyl (C=O) groups excluding carboxylic acids is 3. The van der Waals surface area contributed by atoms with E-state index in [1.807, 2.05) is 6.92 Å². The summed E-state index contributed by atoms with van der Waals surface area (Å²) in [6.07, 6.45) is 2.03. The molecule has 0 saturated carbocycles. The maximum atomic E-state index is 12.1. The van der Waals surface area contributed by atoms with Gasteiger partial charge < -0.3 is 15.4 Å². The van der Waals surface area contributed by atoms with Crippen molar-refractivity contribution in [1.29, 1.82) is 0 Å². The molecule has 10 heteroatoms. The van der Waals surface area contributed by atoms with Crippen LogP contribution in [0.15, 0.2) is 52.0 Å². The average Bonchev–Trinajstić information content (AvgIpc) is 2.74. The van der Waals surface area contributed by atoms with E-state index in [9.17, 15) is 14.4 Å². The lowest BCUT2D eigenvalue weighted by Gasteiger charge is -2.11. The minimum Gasteiger partial charge on any atom is -0.483 e. The second kappa shape index (κ2) is 12.1. The third-order valence-electron chi connectivity index (χ3n) is 4.02. The highest BCUT2D eigenvalue weighted by atomic mass is 79.9. The molecule has 0 saturated heterocycles. The first-order chi connectivity index (χ1) is 14.8. The number of anilines is 1. The van der Waals surface area contributed by atoms with Crippen molar-refractivity contribution in [3.05, 3.63) is 57.5 Å². The first kappa shape index (κ1) is 24.4. The van der Waals surface area contributed by atoms with Crippen LogP contribution in [-0.2, 0) is 14.4 Å². The molecule has 0 spiro atoms. The Hall–Kier alpha value is -2.91. The van der Waals surface area contributed by atoms with Crippen LogP contribution in [0.4, 0.5) is 5.69 Å². The third kappa shape index (κ3) is 8.39. The summed E-state index contributed by atoms with van der Waals surface area (Å²) in [6, 6.07) is 11.7. The van der Waals surface area contributed by atoms with Crippen molar-refractivity contribution < 1.29 is 19.1 Å². The van der Waals surface area contributed by atoms with E-state index in [2.05, 4.69) is 37.1 Å². The lowest BCUT2D eigenvalue weighted by molar-refractivity contribution is -0.139. The number of halogens is 2. The summed E-state index contributed by atoms with van der Waals surface area (Å²) in [5.74, 6) is -1.63. The van der Waals surface area contributed by atoms with Gasteiger partial charge in [0.05, 0.1) is 6.21 Å². The molecular weight excluding hydrogens is 488 g/mol. The Morgan fingerprint density at radius 1 is 1.16 bits per heavy atom. The zero-order chi connectivity index (χ0) is 22.8. The van der Waals surface area contributed by atoms with Gasteiger partial charge in [-0.3, -0.25) is 14.4 Å². The highest BCUT2D eigenvalue weighted by Crippen LogP contribution is 2.22. The van der Waals surface area contributed by atoms with E-state index in [1.54, 1.807) is 49.4 Å². The molecule has 2 aromatic rings. The van der Waals surface area contributed by atoms with E-state index in [0.717, 1.165) is 4.47 Å². The van der Waals surface area contributed by atoms with Crippen LogP contribution >= 0.6 is 27.5 Å². The van der Waals surface area contributed by atoms with Crippen molar-refractivity contribution >= 4 is 57.2 Å². The van der Waals surface area contributed by atoms with Gasteiger partial charge in [-0.05, 0) is 55.8 Å². The number of rotatable bonds is 8. The van der Waals surface area contributed by atoms with E-state index < -0.39 is 11.8 Å². The SMILES string of the molecule is CC[C@H](C)NC(=O)C(=O)N/N=C\c1cc(Br)ccc1OCC(=O)Nc1ccc(Cl)cc1. The number of hydrazone groups is 1. The van der Waals surface area contributed by atoms with Gasteiger partial charge in [0.2, 0.25) is 0 Å². The predicted octanol–water partition coefficient (Wildman–Crippen LogP) is 3.48. The van der Waals surface area contributed by atoms with Crippen molar-refractivity contribution in [2.45, 2.75) is 26.3 Å². The van der Waals surface area contributed by atoms with E-state index in [-0.39, 0.29) is 18.6 Å². The van der Waals surface area contributed by atoms with E-state index in [1.165, 1.54) is 6.21 Å². The Bertz CT molecular complexity index is 966. The molecule has 3 amide bonds. The van der Waals surface area contributed by atoms with Crippen LogP contribution in [-0.4, -0.2) is 36.6 Å². The molecule has 0 radical (unpaired) electrons. The zero-order valence-corrected chi connectivity index (χ0v) is 19.3. The minimum absolute atomic E-state index is 0.119. The van der Waals surface area contributed by atoms with E-state index >= 15 is 0 Å².